The maximum absolute atomic E-state index is 12.8. The molecule has 0 aromatic heterocycles. The number of carbonyl (C=O) groups excluding carboxylic acids is 1. The van der Waals surface area contributed by atoms with Crippen molar-refractivity contribution in [3.63, 3.8) is 0 Å². The number of nitrogens with one attached hydrogen (secondary N) is 1. The van der Waals surface area contributed by atoms with Crippen LogP contribution in [0.1, 0.15) is 15.9 Å². The van der Waals surface area contributed by atoms with Gasteiger partial charge in [-0.1, -0.05) is 17.7 Å². The lowest BCUT2D eigenvalue weighted by molar-refractivity contribution is 0.102. The van der Waals surface area contributed by atoms with E-state index in [-0.39, 0.29) is 10.8 Å². The number of hydrogen-bond donors (Lipinski definition) is 1. The SMILES string of the molecule is COCCOc1ccc(NC(=O)c2ccc(N(C)S(=O)(=O)c3ccc(C)cc3)cc2)cc1. The quantitative estimate of drug-likeness (QED) is 0.492. The molecule has 8 heteroatoms. The highest BCUT2D eigenvalue weighted by atomic mass is 32.2. The van der Waals surface area contributed by atoms with E-state index in [4.69, 9.17) is 9.47 Å². The number of nitrogens with zero attached hydrogens (tertiary/aromatic N) is 1. The zero-order valence-corrected chi connectivity index (χ0v) is 19.1. The van der Waals surface area contributed by atoms with E-state index in [1.165, 1.54) is 11.4 Å². The van der Waals surface area contributed by atoms with Crippen LogP contribution in [0.4, 0.5) is 11.4 Å². The molecule has 7 nitrogen and oxygen atoms in total. The number of carbonyl (C=O) groups is 1. The molecular formula is C24H26N2O5S. The summed E-state index contributed by atoms with van der Waals surface area (Å²) in [5.74, 6) is 0.385. The molecule has 0 saturated carbocycles. The Bertz CT molecular complexity index is 1140. The Hall–Kier alpha value is -3.36. The minimum Gasteiger partial charge on any atom is -0.491 e. The maximum atomic E-state index is 12.8. The Balaban J connectivity index is 1.65. The molecule has 1 amide bonds. The van der Waals surface area contributed by atoms with E-state index < -0.39 is 10.0 Å². The Morgan fingerprint density at radius 3 is 2.12 bits per heavy atom. The monoisotopic (exact) mass is 454 g/mol. The van der Waals surface area contributed by atoms with Gasteiger partial charge in [-0.05, 0) is 67.6 Å². The van der Waals surface area contributed by atoms with E-state index >= 15 is 0 Å². The second kappa shape index (κ2) is 10.3. The molecule has 0 aliphatic carbocycles. The molecule has 0 atom stereocenters. The number of benzene rings is 3. The fourth-order valence-corrected chi connectivity index (χ4v) is 4.11. The summed E-state index contributed by atoms with van der Waals surface area (Å²) >= 11 is 0. The number of anilines is 2. The molecule has 0 spiro atoms. The molecule has 0 radical (unpaired) electrons. The van der Waals surface area contributed by atoms with E-state index in [2.05, 4.69) is 5.32 Å². The van der Waals surface area contributed by atoms with Gasteiger partial charge >= 0.3 is 0 Å². The van der Waals surface area contributed by atoms with E-state index in [9.17, 15) is 13.2 Å². The number of aryl methyl sites for hydroxylation is 1. The molecule has 1 N–H and O–H groups in total. The zero-order chi connectivity index (χ0) is 23.1. The number of ether oxygens (including phenoxy) is 2. The van der Waals surface area contributed by atoms with Crippen LogP contribution in [0.3, 0.4) is 0 Å². The van der Waals surface area contributed by atoms with Crippen molar-refractivity contribution in [1.82, 2.24) is 0 Å². The van der Waals surface area contributed by atoms with Gasteiger partial charge in [0.1, 0.15) is 12.4 Å². The molecule has 0 aliphatic heterocycles. The van der Waals surface area contributed by atoms with Crippen LogP contribution in [-0.4, -0.2) is 41.7 Å². The molecule has 3 rings (SSSR count). The molecule has 3 aromatic carbocycles. The Morgan fingerprint density at radius 2 is 1.53 bits per heavy atom. The standard InChI is InChI=1S/C24H26N2O5S/c1-18-4-14-23(15-5-18)32(28,29)26(2)21-10-6-19(7-11-21)24(27)25-20-8-12-22(13-9-20)31-17-16-30-3/h4-15H,16-17H2,1-3H3,(H,25,27). The first-order chi connectivity index (χ1) is 15.3. The predicted molar refractivity (Wildman–Crippen MR) is 125 cm³/mol. The Labute approximate surface area is 188 Å². The number of amides is 1. The number of hydrogen-bond acceptors (Lipinski definition) is 5. The third-order valence-electron chi connectivity index (χ3n) is 4.84. The van der Waals surface area contributed by atoms with E-state index in [1.54, 1.807) is 79.9 Å². The van der Waals surface area contributed by atoms with Crippen LogP contribution in [0, 0.1) is 6.92 Å². The largest absolute Gasteiger partial charge is 0.491 e. The molecule has 0 unspecified atom stereocenters. The molecule has 0 saturated heterocycles. The van der Waals surface area contributed by atoms with Crippen LogP contribution in [0.2, 0.25) is 0 Å². The molecule has 3 aromatic rings. The van der Waals surface area contributed by atoms with Gasteiger partial charge in [0.25, 0.3) is 15.9 Å². The van der Waals surface area contributed by atoms with E-state index in [1.807, 2.05) is 6.92 Å². The van der Waals surface area contributed by atoms with Crippen LogP contribution in [-0.2, 0) is 14.8 Å². The lowest BCUT2D eigenvalue weighted by Gasteiger charge is -2.20. The predicted octanol–water partition coefficient (Wildman–Crippen LogP) is 4.10. The van der Waals surface area contributed by atoms with Crippen molar-refractivity contribution < 1.29 is 22.7 Å². The summed E-state index contributed by atoms with van der Waals surface area (Å²) in [7, 11) is -0.597. The highest BCUT2D eigenvalue weighted by Crippen LogP contribution is 2.23. The van der Waals surface area contributed by atoms with Crippen molar-refractivity contribution in [3.8, 4) is 5.75 Å². The van der Waals surface area contributed by atoms with Crippen molar-refractivity contribution in [2.24, 2.45) is 0 Å². The third kappa shape index (κ3) is 5.66. The zero-order valence-electron chi connectivity index (χ0n) is 18.2. The van der Waals surface area contributed by atoms with Gasteiger partial charge in [0.2, 0.25) is 0 Å². The summed E-state index contributed by atoms with van der Waals surface area (Å²) in [5.41, 5.74) is 2.47. The smallest absolute Gasteiger partial charge is 0.264 e. The summed E-state index contributed by atoms with van der Waals surface area (Å²) < 4.78 is 37.3. The first-order valence-electron chi connectivity index (χ1n) is 10.00. The summed E-state index contributed by atoms with van der Waals surface area (Å²) in [4.78, 5) is 12.8. The Kier molecular flexibility index (Phi) is 7.50. The molecule has 0 aliphatic rings. The number of methoxy groups -OCH3 is 1. The van der Waals surface area contributed by atoms with E-state index in [0.717, 1.165) is 5.56 Å². The van der Waals surface area contributed by atoms with Crippen molar-refractivity contribution in [1.29, 1.82) is 0 Å². The normalized spacial score (nSPS) is 11.1. The second-order valence-electron chi connectivity index (χ2n) is 7.15. The lowest BCUT2D eigenvalue weighted by atomic mass is 10.2. The minimum absolute atomic E-state index is 0.210. The van der Waals surface area contributed by atoms with E-state index in [0.29, 0.717) is 35.9 Å². The van der Waals surface area contributed by atoms with Crippen molar-refractivity contribution >= 4 is 27.3 Å². The van der Waals surface area contributed by atoms with Crippen molar-refractivity contribution in [2.45, 2.75) is 11.8 Å². The molecule has 32 heavy (non-hydrogen) atoms. The summed E-state index contributed by atoms with van der Waals surface area (Å²) in [6.45, 7) is 2.84. The first kappa shape index (κ1) is 23.3. The summed E-state index contributed by atoms with van der Waals surface area (Å²) in [5, 5.41) is 2.81. The average Bonchev–Trinajstić information content (AvgIpc) is 2.80. The second-order valence-corrected chi connectivity index (χ2v) is 9.12. The maximum Gasteiger partial charge on any atom is 0.264 e. The van der Waals surface area contributed by atoms with Crippen LogP contribution in [0.5, 0.6) is 5.75 Å². The number of sulfonamides is 1. The topological polar surface area (TPSA) is 84.9 Å². The highest BCUT2D eigenvalue weighted by Gasteiger charge is 2.21. The van der Waals surface area contributed by atoms with Crippen molar-refractivity contribution in [2.75, 3.05) is 37.0 Å². The summed E-state index contributed by atoms with van der Waals surface area (Å²) in [6, 6.07) is 20.1. The van der Waals surface area contributed by atoms with Gasteiger partial charge in [0.05, 0.1) is 17.2 Å². The van der Waals surface area contributed by atoms with Crippen LogP contribution in [0.25, 0.3) is 0 Å². The van der Waals surface area contributed by atoms with Gasteiger partial charge in [-0.25, -0.2) is 8.42 Å². The van der Waals surface area contributed by atoms with Gasteiger partial charge < -0.3 is 14.8 Å². The highest BCUT2D eigenvalue weighted by molar-refractivity contribution is 7.92. The lowest BCUT2D eigenvalue weighted by Crippen LogP contribution is -2.26. The molecule has 168 valence electrons. The molecule has 0 bridgehead atoms. The fraction of sp³-hybridized carbons (Fsp3) is 0.208. The van der Waals surface area contributed by atoms with Gasteiger partial charge in [-0.3, -0.25) is 9.10 Å². The molecule has 0 fully saturated rings. The first-order valence-corrected chi connectivity index (χ1v) is 11.4. The van der Waals surface area contributed by atoms with Crippen LogP contribution in [0.15, 0.2) is 77.7 Å². The fourth-order valence-electron chi connectivity index (χ4n) is 2.91. The summed E-state index contributed by atoms with van der Waals surface area (Å²) in [6.07, 6.45) is 0. The molecule has 0 heterocycles. The van der Waals surface area contributed by atoms with Gasteiger partial charge in [0.15, 0.2) is 0 Å². The van der Waals surface area contributed by atoms with Gasteiger partial charge in [-0.15, -0.1) is 0 Å². The molecular weight excluding hydrogens is 428 g/mol. The third-order valence-corrected chi connectivity index (χ3v) is 6.64. The van der Waals surface area contributed by atoms with Crippen LogP contribution < -0.4 is 14.4 Å². The minimum atomic E-state index is -3.69. The van der Waals surface area contributed by atoms with Gasteiger partial charge in [-0.2, -0.15) is 0 Å². The van der Waals surface area contributed by atoms with Gasteiger partial charge in [0, 0.05) is 25.4 Å². The number of rotatable bonds is 9. The van der Waals surface area contributed by atoms with Crippen molar-refractivity contribution in [3.05, 3.63) is 83.9 Å². The average molecular weight is 455 g/mol. The van der Waals surface area contributed by atoms with Crippen LogP contribution >= 0.6 is 0 Å². The Morgan fingerprint density at radius 1 is 0.906 bits per heavy atom.